The van der Waals surface area contributed by atoms with Gasteiger partial charge in [-0.15, -0.1) is 0 Å². The molecule has 0 bridgehead atoms. The Labute approximate surface area is 88.1 Å². The molecule has 14 heavy (non-hydrogen) atoms. The van der Waals surface area contributed by atoms with Gasteiger partial charge in [0, 0.05) is 18.9 Å². The van der Waals surface area contributed by atoms with Gasteiger partial charge in [-0.05, 0) is 17.5 Å². The van der Waals surface area contributed by atoms with Crippen molar-refractivity contribution in [1.29, 1.82) is 5.41 Å². The van der Waals surface area contributed by atoms with Crippen molar-refractivity contribution in [3.63, 3.8) is 0 Å². The molecule has 0 fully saturated rings. The quantitative estimate of drug-likeness (QED) is 0.548. The van der Waals surface area contributed by atoms with Crippen LogP contribution in [-0.4, -0.2) is 6.21 Å². The number of nitrogens with two attached hydrogens (primary N) is 1. The lowest BCUT2D eigenvalue weighted by Gasteiger charge is -2.07. The summed E-state index contributed by atoms with van der Waals surface area (Å²) in [4.78, 5) is 0. The second-order valence-corrected chi connectivity index (χ2v) is 3.19. The Kier molecular flexibility index (Phi) is 5.61. The van der Waals surface area contributed by atoms with E-state index in [0.717, 1.165) is 5.56 Å². The topological polar surface area (TPSA) is 49.9 Å². The van der Waals surface area contributed by atoms with Crippen LogP contribution in [0.25, 0.3) is 0 Å². The van der Waals surface area contributed by atoms with Crippen LogP contribution in [0.4, 0.5) is 5.69 Å². The molecule has 80 valence electrons. The summed E-state index contributed by atoms with van der Waals surface area (Å²) < 4.78 is 0. The van der Waals surface area contributed by atoms with Crippen molar-refractivity contribution in [2.45, 2.75) is 33.6 Å². The lowest BCUT2D eigenvalue weighted by Crippen LogP contribution is -1.95. The normalized spacial score (nSPS) is 9.21. The number of benzene rings is 1. The first-order valence-electron chi connectivity index (χ1n) is 5.05. The van der Waals surface area contributed by atoms with Gasteiger partial charge in [0.05, 0.1) is 0 Å². The van der Waals surface area contributed by atoms with Crippen molar-refractivity contribution in [2.24, 2.45) is 0 Å². The fraction of sp³-hybridized carbons (Fsp3) is 0.417. The number of hydrogen-bond donors (Lipinski definition) is 2. The third kappa shape index (κ3) is 3.21. The zero-order chi connectivity index (χ0) is 11.1. The summed E-state index contributed by atoms with van der Waals surface area (Å²) >= 11 is 0. The van der Waals surface area contributed by atoms with E-state index in [2.05, 4.69) is 13.8 Å². The Morgan fingerprint density at radius 3 is 2.29 bits per heavy atom. The van der Waals surface area contributed by atoms with E-state index in [9.17, 15) is 0 Å². The SMILES string of the molecule is CC.CC(C)c1ccc(C=N)c(N)c1.[HH]. The van der Waals surface area contributed by atoms with E-state index in [1.165, 1.54) is 11.8 Å². The molecule has 0 spiro atoms. The molecular formula is C12H22N2. The highest BCUT2D eigenvalue weighted by Gasteiger charge is 2.01. The van der Waals surface area contributed by atoms with Gasteiger partial charge < -0.3 is 11.1 Å². The van der Waals surface area contributed by atoms with Gasteiger partial charge in [-0.3, -0.25) is 0 Å². The van der Waals surface area contributed by atoms with Crippen LogP contribution in [0, 0.1) is 5.41 Å². The second-order valence-electron chi connectivity index (χ2n) is 3.19. The van der Waals surface area contributed by atoms with Gasteiger partial charge in [-0.25, -0.2) is 0 Å². The average Bonchev–Trinajstić information content (AvgIpc) is 2.20. The highest BCUT2D eigenvalue weighted by molar-refractivity contribution is 5.84. The highest BCUT2D eigenvalue weighted by Crippen LogP contribution is 2.19. The summed E-state index contributed by atoms with van der Waals surface area (Å²) in [5, 5.41) is 7.06. The fourth-order valence-corrected chi connectivity index (χ4v) is 1.08. The zero-order valence-corrected chi connectivity index (χ0v) is 9.46. The molecule has 0 heterocycles. The standard InChI is InChI=1S/C10H14N2.C2H6.H2/c1-7(2)8-3-4-9(6-11)10(12)5-8;1-2;/h3-7,11H,12H2,1-2H3;1-2H3;1H. The van der Waals surface area contributed by atoms with Crippen LogP contribution in [0.15, 0.2) is 18.2 Å². The number of nitrogen functional groups attached to an aromatic ring is 1. The van der Waals surface area contributed by atoms with Crippen molar-refractivity contribution >= 4 is 11.9 Å². The van der Waals surface area contributed by atoms with Gasteiger partial charge in [-0.2, -0.15) is 0 Å². The van der Waals surface area contributed by atoms with Crippen LogP contribution in [0.3, 0.4) is 0 Å². The molecule has 1 rings (SSSR count). The van der Waals surface area contributed by atoms with Gasteiger partial charge in [0.1, 0.15) is 0 Å². The first-order chi connectivity index (χ1) is 6.65. The first-order valence-corrected chi connectivity index (χ1v) is 5.05. The smallest absolute Gasteiger partial charge is 0.0405 e. The van der Waals surface area contributed by atoms with Crippen LogP contribution >= 0.6 is 0 Å². The van der Waals surface area contributed by atoms with E-state index in [4.69, 9.17) is 11.1 Å². The van der Waals surface area contributed by atoms with Gasteiger partial charge in [0.15, 0.2) is 0 Å². The Morgan fingerprint density at radius 1 is 1.36 bits per heavy atom. The number of rotatable bonds is 2. The second kappa shape index (κ2) is 6.19. The highest BCUT2D eigenvalue weighted by atomic mass is 14.6. The van der Waals surface area contributed by atoms with Crippen molar-refractivity contribution < 1.29 is 1.43 Å². The van der Waals surface area contributed by atoms with Crippen molar-refractivity contribution in [3.05, 3.63) is 29.3 Å². The molecule has 0 amide bonds. The monoisotopic (exact) mass is 194 g/mol. The molecule has 1 aromatic rings. The first kappa shape index (κ1) is 12.7. The van der Waals surface area contributed by atoms with Crippen molar-refractivity contribution in [2.75, 3.05) is 5.73 Å². The lowest BCUT2D eigenvalue weighted by molar-refractivity contribution is 0.867. The zero-order valence-electron chi connectivity index (χ0n) is 9.46. The summed E-state index contributed by atoms with van der Waals surface area (Å²) in [7, 11) is 0. The lowest BCUT2D eigenvalue weighted by atomic mass is 10.0. The Bertz CT molecular complexity index is 296. The molecule has 1 aromatic carbocycles. The Balaban J connectivity index is 0. The van der Waals surface area contributed by atoms with E-state index in [0.29, 0.717) is 11.6 Å². The molecule has 0 aromatic heterocycles. The molecule has 0 aliphatic rings. The van der Waals surface area contributed by atoms with E-state index < -0.39 is 0 Å². The summed E-state index contributed by atoms with van der Waals surface area (Å²) in [5.41, 5.74) is 8.42. The molecule has 0 saturated heterocycles. The van der Waals surface area contributed by atoms with Crippen LogP contribution in [0.5, 0.6) is 0 Å². The van der Waals surface area contributed by atoms with E-state index in [1.807, 2.05) is 32.0 Å². The summed E-state index contributed by atoms with van der Waals surface area (Å²) in [6.07, 6.45) is 1.28. The summed E-state index contributed by atoms with van der Waals surface area (Å²) in [5.74, 6) is 0.493. The number of nitrogens with one attached hydrogen (secondary N) is 1. The molecule has 3 N–H and O–H groups in total. The van der Waals surface area contributed by atoms with Gasteiger partial charge >= 0.3 is 0 Å². The summed E-state index contributed by atoms with van der Waals surface area (Å²) in [6.45, 7) is 8.25. The minimum absolute atomic E-state index is 0. The van der Waals surface area contributed by atoms with Gasteiger partial charge in [-0.1, -0.05) is 39.8 Å². The van der Waals surface area contributed by atoms with Crippen LogP contribution in [0.1, 0.15) is 46.2 Å². The summed E-state index contributed by atoms with van der Waals surface area (Å²) in [6, 6.07) is 5.84. The fourth-order valence-electron chi connectivity index (χ4n) is 1.08. The Morgan fingerprint density at radius 2 is 1.93 bits per heavy atom. The molecule has 0 radical (unpaired) electrons. The predicted octanol–water partition coefficient (Wildman–Crippen LogP) is 3.66. The Hall–Kier alpha value is -1.31. The van der Waals surface area contributed by atoms with Crippen LogP contribution in [0.2, 0.25) is 0 Å². The molecule has 0 saturated carbocycles. The molecule has 0 aliphatic carbocycles. The van der Waals surface area contributed by atoms with Crippen molar-refractivity contribution in [3.8, 4) is 0 Å². The third-order valence-electron chi connectivity index (χ3n) is 1.93. The molecular weight excluding hydrogens is 172 g/mol. The predicted molar refractivity (Wildman–Crippen MR) is 66.3 cm³/mol. The van der Waals surface area contributed by atoms with E-state index >= 15 is 0 Å². The molecule has 2 heteroatoms. The molecule has 0 atom stereocenters. The minimum atomic E-state index is 0. The van der Waals surface area contributed by atoms with E-state index in [-0.39, 0.29) is 1.43 Å². The van der Waals surface area contributed by atoms with Gasteiger partial charge in [0.25, 0.3) is 0 Å². The maximum Gasteiger partial charge on any atom is 0.0405 e. The third-order valence-corrected chi connectivity index (χ3v) is 1.93. The maximum absolute atomic E-state index is 7.06. The van der Waals surface area contributed by atoms with Crippen LogP contribution in [-0.2, 0) is 0 Å². The molecule has 2 nitrogen and oxygen atoms in total. The molecule has 0 aliphatic heterocycles. The largest absolute Gasteiger partial charge is 0.398 e. The maximum atomic E-state index is 7.06. The van der Waals surface area contributed by atoms with E-state index in [1.54, 1.807) is 0 Å². The van der Waals surface area contributed by atoms with Crippen LogP contribution < -0.4 is 5.73 Å². The van der Waals surface area contributed by atoms with Crippen molar-refractivity contribution in [1.82, 2.24) is 0 Å². The molecule has 0 unspecified atom stereocenters. The number of hydrogen-bond acceptors (Lipinski definition) is 2. The minimum Gasteiger partial charge on any atom is -0.398 e. The number of anilines is 1. The average molecular weight is 194 g/mol. The van der Waals surface area contributed by atoms with Gasteiger partial charge in [0.2, 0.25) is 0 Å².